The number of aromatic hydroxyl groups is 1. The van der Waals surface area contributed by atoms with Crippen molar-refractivity contribution in [2.24, 2.45) is 15.3 Å². The van der Waals surface area contributed by atoms with Gasteiger partial charge in [-0.3, -0.25) is 4.79 Å². The molecule has 35 heavy (non-hydrogen) atoms. The summed E-state index contributed by atoms with van der Waals surface area (Å²) >= 11 is 3.39. The van der Waals surface area contributed by atoms with Crippen molar-refractivity contribution in [2.45, 2.75) is 32.3 Å². The van der Waals surface area contributed by atoms with E-state index in [0.29, 0.717) is 28.4 Å². The average Bonchev–Trinajstić information content (AvgIpc) is 2.83. The zero-order valence-corrected chi connectivity index (χ0v) is 21.1. The second-order valence-electron chi connectivity index (χ2n) is 8.99. The SMILES string of the molecule is CC(C)(C)c1ccc2c(c1)OC(C(=O)N/N=C\c1cc(N=Nc3cccc(Br)c3)ccc1O)CO2. The number of hydrazone groups is 1. The van der Waals surface area contributed by atoms with Crippen LogP contribution in [0.4, 0.5) is 11.4 Å². The molecular formula is C26H25BrN4O4. The fourth-order valence-corrected chi connectivity index (χ4v) is 3.65. The second-order valence-corrected chi connectivity index (χ2v) is 9.90. The molecule has 2 N–H and O–H groups in total. The van der Waals surface area contributed by atoms with Crippen LogP contribution in [0.2, 0.25) is 0 Å². The van der Waals surface area contributed by atoms with Crippen molar-refractivity contribution in [1.29, 1.82) is 0 Å². The van der Waals surface area contributed by atoms with Gasteiger partial charge < -0.3 is 14.6 Å². The third kappa shape index (κ3) is 6.24. The number of nitrogens with zero attached hydrogens (tertiary/aromatic N) is 3. The first kappa shape index (κ1) is 24.4. The minimum Gasteiger partial charge on any atom is -0.507 e. The van der Waals surface area contributed by atoms with Crippen LogP contribution < -0.4 is 14.9 Å². The molecule has 3 aromatic carbocycles. The number of hydrogen-bond acceptors (Lipinski definition) is 7. The number of phenolic OH excluding ortho intramolecular Hbond substituents is 1. The Balaban J connectivity index is 1.40. The van der Waals surface area contributed by atoms with Gasteiger partial charge in [-0.15, -0.1) is 0 Å². The lowest BCUT2D eigenvalue weighted by Crippen LogP contribution is -2.42. The lowest BCUT2D eigenvalue weighted by Gasteiger charge is -2.27. The molecule has 1 aliphatic heterocycles. The zero-order valence-electron chi connectivity index (χ0n) is 19.5. The standard InChI is InChI=1S/C26H25BrN4O4/c1-26(2,3)17-7-10-22-23(12-17)35-24(15-34-22)25(33)31-28-14-16-11-20(8-9-21(16)32)30-29-19-6-4-5-18(27)13-19/h4-14,24,32H,15H2,1-3H3,(H,31,33)/b28-14-,30-29?. The van der Waals surface area contributed by atoms with E-state index in [4.69, 9.17) is 9.47 Å². The molecule has 0 spiro atoms. The molecule has 0 aromatic heterocycles. The molecule has 0 saturated heterocycles. The third-order valence-corrected chi connectivity index (χ3v) is 5.73. The Bertz CT molecular complexity index is 1300. The van der Waals surface area contributed by atoms with Crippen LogP contribution >= 0.6 is 15.9 Å². The van der Waals surface area contributed by atoms with Crippen molar-refractivity contribution >= 4 is 39.4 Å². The molecule has 1 atom stereocenters. The average molecular weight is 537 g/mol. The summed E-state index contributed by atoms with van der Waals surface area (Å²) < 4.78 is 12.5. The van der Waals surface area contributed by atoms with E-state index in [1.54, 1.807) is 12.1 Å². The van der Waals surface area contributed by atoms with Crippen LogP contribution in [0.15, 0.2) is 80.5 Å². The molecule has 0 aliphatic carbocycles. The number of azo groups is 1. The Labute approximate surface area is 211 Å². The van der Waals surface area contributed by atoms with Gasteiger partial charge >= 0.3 is 0 Å². The Kier molecular flexibility index (Phi) is 7.16. The second kappa shape index (κ2) is 10.3. The fourth-order valence-electron chi connectivity index (χ4n) is 3.27. The van der Waals surface area contributed by atoms with Gasteiger partial charge in [0, 0.05) is 10.0 Å². The summed E-state index contributed by atoms with van der Waals surface area (Å²) in [5.74, 6) is 0.654. The number of carbonyl (C=O) groups excluding carboxylic acids is 1. The van der Waals surface area contributed by atoms with Gasteiger partial charge in [-0.2, -0.15) is 15.3 Å². The lowest BCUT2D eigenvalue weighted by atomic mass is 9.87. The summed E-state index contributed by atoms with van der Waals surface area (Å²) in [5, 5.41) is 22.5. The van der Waals surface area contributed by atoms with E-state index in [1.165, 1.54) is 12.3 Å². The number of nitrogens with one attached hydrogen (secondary N) is 1. The van der Waals surface area contributed by atoms with Crippen LogP contribution in [-0.4, -0.2) is 29.9 Å². The number of carbonyl (C=O) groups is 1. The van der Waals surface area contributed by atoms with Crippen LogP contribution in [0.5, 0.6) is 17.2 Å². The van der Waals surface area contributed by atoms with Crippen LogP contribution in [0.3, 0.4) is 0 Å². The lowest BCUT2D eigenvalue weighted by molar-refractivity contribution is -0.130. The highest BCUT2D eigenvalue weighted by Gasteiger charge is 2.28. The summed E-state index contributed by atoms with van der Waals surface area (Å²) in [7, 11) is 0. The van der Waals surface area contributed by atoms with E-state index in [0.717, 1.165) is 10.0 Å². The van der Waals surface area contributed by atoms with Crippen molar-refractivity contribution in [3.8, 4) is 17.2 Å². The van der Waals surface area contributed by atoms with Crippen molar-refractivity contribution < 1.29 is 19.4 Å². The maximum atomic E-state index is 12.6. The minimum atomic E-state index is -0.853. The monoisotopic (exact) mass is 536 g/mol. The maximum Gasteiger partial charge on any atom is 0.284 e. The molecule has 0 bridgehead atoms. The number of phenols is 1. The van der Waals surface area contributed by atoms with Crippen molar-refractivity contribution in [1.82, 2.24) is 5.43 Å². The number of rotatable bonds is 5. The highest BCUT2D eigenvalue weighted by molar-refractivity contribution is 9.10. The first-order valence-corrected chi connectivity index (χ1v) is 11.8. The molecule has 4 rings (SSSR count). The van der Waals surface area contributed by atoms with Crippen LogP contribution in [0.25, 0.3) is 0 Å². The van der Waals surface area contributed by atoms with Gasteiger partial charge in [-0.25, -0.2) is 5.43 Å². The van der Waals surface area contributed by atoms with Crippen molar-refractivity contribution in [2.75, 3.05) is 6.61 Å². The smallest absolute Gasteiger partial charge is 0.284 e. The van der Waals surface area contributed by atoms with E-state index in [2.05, 4.69) is 57.5 Å². The Hall–Kier alpha value is -3.72. The third-order valence-electron chi connectivity index (χ3n) is 5.24. The highest BCUT2D eigenvalue weighted by Crippen LogP contribution is 2.36. The van der Waals surface area contributed by atoms with E-state index in [9.17, 15) is 9.90 Å². The zero-order chi connectivity index (χ0) is 25.0. The first-order valence-electron chi connectivity index (χ1n) is 11.0. The molecule has 180 valence electrons. The number of fused-ring (bicyclic) bond motifs is 1. The molecule has 0 radical (unpaired) electrons. The Morgan fingerprint density at radius 2 is 1.83 bits per heavy atom. The molecular weight excluding hydrogens is 512 g/mol. The minimum absolute atomic E-state index is 0.00899. The number of halogens is 1. The largest absolute Gasteiger partial charge is 0.507 e. The molecule has 0 saturated carbocycles. The Morgan fingerprint density at radius 1 is 1.06 bits per heavy atom. The van der Waals surface area contributed by atoms with Crippen LogP contribution in [-0.2, 0) is 10.2 Å². The predicted octanol–water partition coefficient (Wildman–Crippen LogP) is 6.16. The summed E-state index contributed by atoms with van der Waals surface area (Å²) in [6.45, 7) is 6.37. The first-order chi connectivity index (χ1) is 16.7. The maximum absolute atomic E-state index is 12.6. The van der Waals surface area contributed by atoms with Gasteiger partial charge in [0.25, 0.3) is 5.91 Å². The summed E-state index contributed by atoms with van der Waals surface area (Å²) in [4.78, 5) is 12.6. The fraction of sp³-hybridized carbons (Fsp3) is 0.231. The Morgan fingerprint density at radius 3 is 2.57 bits per heavy atom. The molecule has 3 aromatic rings. The molecule has 1 aliphatic rings. The van der Waals surface area contributed by atoms with Crippen molar-refractivity contribution in [3.05, 3.63) is 76.3 Å². The van der Waals surface area contributed by atoms with E-state index >= 15 is 0 Å². The summed E-state index contributed by atoms with van der Waals surface area (Å²) in [5.41, 5.74) is 5.03. The summed E-state index contributed by atoms with van der Waals surface area (Å²) in [6, 6.07) is 17.9. The number of benzene rings is 3. The highest BCUT2D eigenvalue weighted by atomic mass is 79.9. The van der Waals surface area contributed by atoms with E-state index < -0.39 is 12.0 Å². The summed E-state index contributed by atoms with van der Waals surface area (Å²) in [6.07, 6.45) is 0.481. The number of amides is 1. The molecule has 0 fully saturated rings. The normalized spacial score (nSPS) is 15.5. The molecule has 1 heterocycles. The number of hydrogen-bond donors (Lipinski definition) is 2. The predicted molar refractivity (Wildman–Crippen MR) is 137 cm³/mol. The van der Waals surface area contributed by atoms with Gasteiger partial charge in [-0.05, 0) is 59.5 Å². The van der Waals surface area contributed by atoms with E-state index in [1.807, 2.05) is 42.5 Å². The van der Waals surface area contributed by atoms with Crippen molar-refractivity contribution in [3.63, 3.8) is 0 Å². The van der Waals surface area contributed by atoms with E-state index in [-0.39, 0.29) is 17.8 Å². The molecule has 1 amide bonds. The van der Waals surface area contributed by atoms with Gasteiger partial charge in [-0.1, -0.05) is 48.8 Å². The van der Waals surface area contributed by atoms with Crippen LogP contribution in [0.1, 0.15) is 31.9 Å². The molecule has 1 unspecified atom stereocenters. The molecule has 9 heteroatoms. The van der Waals surface area contributed by atoms with Gasteiger partial charge in [0.15, 0.2) is 11.5 Å². The number of ether oxygens (including phenoxy) is 2. The van der Waals surface area contributed by atoms with Gasteiger partial charge in [0.2, 0.25) is 6.10 Å². The van der Waals surface area contributed by atoms with Gasteiger partial charge in [0.05, 0.1) is 17.6 Å². The topological polar surface area (TPSA) is 105 Å². The quantitative estimate of drug-likeness (QED) is 0.231. The van der Waals surface area contributed by atoms with Gasteiger partial charge in [0.1, 0.15) is 12.4 Å². The molecule has 8 nitrogen and oxygen atoms in total. The van der Waals surface area contributed by atoms with Crippen LogP contribution in [0, 0.1) is 0 Å².